The fraction of sp³-hybridized carbons (Fsp3) is 0.368. The van der Waals surface area contributed by atoms with E-state index in [9.17, 15) is 14.4 Å². The molecule has 0 saturated heterocycles. The molecule has 7 nitrogen and oxygen atoms in total. The van der Waals surface area contributed by atoms with Crippen LogP contribution < -0.4 is 10.6 Å². The second-order valence-electron chi connectivity index (χ2n) is 6.97. The van der Waals surface area contributed by atoms with E-state index in [1.54, 1.807) is 44.2 Å². The Hall–Kier alpha value is -2.39. The van der Waals surface area contributed by atoms with E-state index in [1.807, 2.05) is 24.4 Å². The first-order valence-corrected chi connectivity index (χ1v) is 10.4. The second-order valence-corrected chi connectivity index (χ2v) is 9.05. The van der Waals surface area contributed by atoms with Crippen LogP contribution in [0.3, 0.4) is 0 Å². The van der Waals surface area contributed by atoms with Gasteiger partial charge in [0.1, 0.15) is 0 Å². The van der Waals surface area contributed by atoms with Crippen LogP contribution in [0.15, 0.2) is 34.5 Å². The highest BCUT2D eigenvalue weighted by Crippen LogP contribution is 2.27. The average Bonchev–Trinajstić information content (AvgIpc) is 3.01. The van der Waals surface area contributed by atoms with Gasteiger partial charge in [-0.05, 0) is 39.8 Å². The molecule has 0 radical (unpaired) electrons. The third-order valence-corrected chi connectivity index (χ3v) is 5.15. The van der Waals surface area contributed by atoms with Gasteiger partial charge in [0, 0.05) is 21.6 Å². The van der Waals surface area contributed by atoms with E-state index < -0.39 is 30.1 Å². The van der Waals surface area contributed by atoms with Crippen LogP contribution >= 0.6 is 23.1 Å². The molecule has 2 aromatic rings. The first-order chi connectivity index (χ1) is 13.1. The number of ether oxygens (including phenoxy) is 1. The molecule has 1 aromatic heterocycles. The molecule has 0 aliphatic rings. The number of esters is 1. The normalized spacial score (nSPS) is 11.0. The van der Waals surface area contributed by atoms with Crippen molar-refractivity contribution in [1.29, 1.82) is 0 Å². The monoisotopic (exact) mass is 421 g/mol. The lowest BCUT2D eigenvalue weighted by Gasteiger charge is -2.20. The summed E-state index contributed by atoms with van der Waals surface area (Å²) in [7, 11) is 0. The molecule has 2 rings (SSSR count). The summed E-state index contributed by atoms with van der Waals surface area (Å²) in [5, 5.41) is 7.69. The highest BCUT2D eigenvalue weighted by Gasteiger charge is 2.18. The standard InChI is InChI=1S/C19H23N3O4S2/c1-12-20-13(10-27-12)11-28-15-8-6-5-7-14(15)17(24)26-9-16(23)21-18(25)22-19(2,3)4/h5-8,10H,9,11H2,1-4H3,(H2,21,22,23,25). The van der Waals surface area contributed by atoms with Gasteiger partial charge in [-0.2, -0.15) is 0 Å². The van der Waals surface area contributed by atoms with E-state index in [0.29, 0.717) is 11.3 Å². The van der Waals surface area contributed by atoms with Crippen molar-refractivity contribution in [1.82, 2.24) is 15.6 Å². The highest BCUT2D eigenvalue weighted by atomic mass is 32.2. The summed E-state index contributed by atoms with van der Waals surface area (Å²) >= 11 is 3.05. The Morgan fingerprint density at radius 1 is 1.21 bits per heavy atom. The molecular formula is C19H23N3O4S2. The predicted octanol–water partition coefficient (Wildman–Crippen LogP) is 3.52. The van der Waals surface area contributed by atoms with Crippen LogP contribution in [0.25, 0.3) is 0 Å². The van der Waals surface area contributed by atoms with Crippen molar-refractivity contribution in [3.63, 3.8) is 0 Å². The van der Waals surface area contributed by atoms with Gasteiger partial charge in [0.05, 0.1) is 16.3 Å². The molecule has 0 aliphatic heterocycles. The molecule has 0 unspecified atom stereocenters. The maximum absolute atomic E-state index is 12.4. The van der Waals surface area contributed by atoms with Crippen LogP contribution in [0.1, 0.15) is 41.8 Å². The molecule has 1 aromatic carbocycles. The maximum atomic E-state index is 12.4. The molecule has 0 bridgehead atoms. The van der Waals surface area contributed by atoms with Crippen molar-refractivity contribution in [2.45, 2.75) is 43.9 Å². The first-order valence-electron chi connectivity index (χ1n) is 8.56. The molecule has 0 aliphatic carbocycles. The van der Waals surface area contributed by atoms with E-state index in [2.05, 4.69) is 15.6 Å². The van der Waals surface area contributed by atoms with Gasteiger partial charge in [0.15, 0.2) is 6.61 Å². The molecule has 1 heterocycles. The van der Waals surface area contributed by atoms with E-state index in [-0.39, 0.29) is 0 Å². The van der Waals surface area contributed by atoms with Crippen LogP contribution in [-0.4, -0.2) is 35.0 Å². The molecule has 0 spiro atoms. The summed E-state index contributed by atoms with van der Waals surface area (Å²) in [5.41, 5.74) is 0.832. The Labute approximate surface area is 172 Å². The lowest BCUT2D eigenvalue weighted by atomic mass is 10.1. The Bertz CT molecular complexity index is 859. The van der Waals surface area contributed by atoms with Gasteiger partial charge in [-0.25, -0.2) is 14.6 Å². The van der Waals surface area contributed by atoms with Gasteiger partial charge in [-0.15, -0.1) is 23.1 Å². The lowest BCUT2D eigenvalue weighted by molar-refractivity contribution is -0.123. The number of urea groups is 1. The molecule has 0 fully saturated rings. The SMILES string of the molecule is Cc1nc(CSc2ccccc2C(=O)OCC(=O)NC(=O)NC(C)(C)C)cs1. The number of nitrogens with one attached hydrogen (secondary N) is 2. The molecule has 0 atom stereocenters. The number of amides is 3. The summed E-state index contributed by atoms with van der Waals surface area (Å²) in [6, 6.07) is 6.38. The van der Waals surface area contributed by atoms with Crippen molar-refractivity contribution in [2.75, 3.05) is 6.61 Å². The quantitative estimate of drug-likeness (QED) is 0.547. The summed E-state index contributed by atoms with van der Waals surface area (Å²) in [4.78, 5) is 41.0. The van der Waals surface area contributed by atoms with E-state index in [4.69, 9.17) is 4.74 Å². The zero-order chi connectivity index (χ0) is 20.7. The number of nitrogens with zero attached hydrogens (tertiary/aromatic N) is 1. The number of imide groups is 1. The number of rotatable bonds is 6. The van der Waals surface area contributed by atoms with Gasteiger partial charge in [0.25, 0.3) is 5.91 Å². The molecule has 3 amide bonds. The van der Waals surface area contributed by atoms with Gasteiger partial charge < -0.3 is 10.1 Å². The number of aryl methyl sites for hydroxylation is 1. The molecule has 28 heavy (non-hydrogen) atoms. The highest BCUT2D eigenvalue weighted by molar-refractivity contribution is 7.98. The number of hydrogen-bond donors (Lipinski definition) is 2. The Kier molecular flexibility index (Phi) is 7.59. The maximum Gasteiger partial charge on any atom is 0.339 e. The summed E-state index contributed by atoms with van der Waals surface area (Å²) in [6.45, 7) is 6.77. The number of thioether (sulfide) groups is 1. The van der Waals surface area contributed by atoms with Crippen molar-refractivity contribution in [3.05, 3.63) is 45.9 Å². The van der Waals surface area contributed by atoms with Crippen LogP contribution in [0.4, 0.5) is 4.79 Å². The van der Waals surface area contributed by atoms with Crippen molar-refractivity contribution >= 4 is 41.0 Å². The minimum atomic E-state index is -0.696. The third kappa shape index (κ3) is 7.32. The molecule has 2 N–H and O–H groups in total. The van der Waals surface area contributed by atoms with E-state index in [1.165, 1.54) is 11.8 Å². The largest absolute Gasteiger partial charge is 0.452 e. The van der Waals surface area contributed by atoms with Crippen LogP contribution in [0.5, 0.6) is 0 Å². The number of thiazole rings is 1. The number of benzene rings is 1. The molecule has 150 valence electrons. The zero-order valence-corrected chi connectivity index (χ0v) is 17.8. The Morgan fingerprint density at radius 3 is 2.57 bits per heavy atom. The first kappa shape index (κ1) is 21.9. The fourth-order valence-corrected chi connectivity index (χ4v) is 3.78. The van der Waals surface area contributed by atoms with E-state index in [0.717, 1.165) is 15.6 Å². The second kappa shape index (κ2) is 9.70. The smallest absolute Gasteiger partial charge is 0.339 e. The number of carbonyl (C=O) groups is 3. The van der Waals surface area contributed by atoms with Crippen LogP contribution in [-0.2, 0) is 15.3 Å². The van der Waals surface area contributed by atoms with Crippen molar-refractivity contribution < 1.29 is 19.1 Å². The Balaban J connectivity index is 1.90. The summed E-state index contributed by atoms with van der Waals surface area (Å²) < 4.78 is 5.06. The number of hydrogen-bond acceptors (Lipinski definition) is 7. The molecule has 9 heteroatoms. The molecular weight excluding hydrogens is 398 g/mol. The van der Waals surface area contributed by atoms with Crippen LogP contribution in [0, 0.1) is 6.92 Å². The summed E-state index contributed by atoms with van der Waals surface area (Å²) in [5.74, 6) is -0.690. The minimum absolute atomic E-state index is 0.367. The topological polar surface area (TPSA) is 97.4 Å². The third-order valence-electron chi connectivity index (χ3n) is 3.22. The Morgan fingerprint density at radius 2 is 1.93 bits per heavy atom. The number of carbonyl (C=O) groups excluding carboxylic acids is 3. The van der Waals surface area contributed by atoms with E-state index >= 15 is 0 Å². The van der Waals surface area contributed by atoms with Crippen molar-refractivity contribution in [3.8, 4) is 0 Å². The average molecular weight is 422 g/mol. The lowest BCUT2D eigenvalue weighted by Crippen LogP contribution is -2.49. The molecule has 0 saturated carbocycles. The van der Waals surface area contributed by atoms with Gasteiger partial charge in [-0.3, -0.25) is 10.1 Å². The van der Waals surface area contributed by atoms with Crippen molar-refractivity contribution in [2.24, 2.45) is 0 Å². The summed E-state index contributed by atoms with van der Waals surface area (Å²) in [6.07, 6.45) is 0. The van der Waals surface area contributed by atoms with Gasteiger partial charge >= 0.3 is 12.0 Å². The van der Waals surface area contributed by atoms with Gasteiger partial charge in [-0.1, -0.05) is 12.1 Å². The zero-order valence-electron chi connectivity index (χ0n) is 16.2. The predicted molar refractivity (Wildman–Crippen MR) is 110 cm³/mol. The minimum Gasteiger partial charge on any atom is -0.452 e. The van der Waals surface area contributed by atoms with Crippen LogP contribution in [0.2, 0.25) is 0 Å². The fourth-order valence-electron chi connectivity index (χ4n) is 2.13. The van der Waals surface area contributed by atoms with Gasteiger partial charge in [0.2, 0.25) is 0 Å². The number of aromatic nitrogens is 1.